The number of anilines is 1. The van der Waals surface area contributed by atoms with Crippen molar-refractivity contribution in [2.45, 2.75) is 24.3 Å². The standard InChI is InChI=1S/C14H15BrF3N3/c15-9-11-13(19-12-3-1-2-6-21(11)12)20-7-4-10(5-8-20)14(16,17)18/h1-3,6,10H,4-5,7-9H2. The third-order valence-corrected chi connectivity index (χ3v) is 4.52. The maximum atomic E-state index is 12.7. The van der Waals surface area contributed by atoms with Gasteiger partial charge in [0.05, 0.1) is 11.6 Å². The van der Waals surface area contributed by atoms with Crippen LogP contribution >= 0.6 is 15.9 Å². The summed E-state index contributed by atoms with van der Waals surface area (Å²) in [5, 5.41) is 0.618. The molecule has 1 aliphatic rings. The van der Waals surface area contributed by atoms with E-state index in [1.165, 1.54) is 0 Å². The molecule has 3 heterocycles. The molecule has 1 aliphatic heterocycles. The number of fused-ring (bicyclic) bond motifs is 1. The van der Waals surface area contributed by atoms with E-state index in [4.69, 9.17) is 0 Å². The molecule has 0 unspecified atom stereocenters. The molecule has 0 saturated carbocycles. The fraction of sp³-hybridized carbons (Fsp3) is 0.500. The van der Waals surface area contributed by atoms with Gasteiger partial charge in [-0.2, -0.15) is 13.2 Å². The van der Waals surface area contributed by atoms with Crippen LogP contribution in [0.3, 0.4) is 0 Å². The monoisotopic (exact) mass is 361 g/mol. The number of piperidine rings is 1. The molecule has 0 N–H and O–H groups in total. The largest absolute Gasteiger partial charge is 0.391 e. The van der Waals surface area contributed by atoms with Crippen LogP contribution in [-0.2, 0) is 5.33 Å². The molecule has 0 radical (unpaired) electrons. The van der Waals surface area contributed by atoms with E-state index >= 15 is 0 Å². The Hall–Kier alpha value is -1.24. The number of halogens is 4. The number of alkyl halides is 4. The van der Waals surface area contributed by atoms with Gasteiger partial charge in [0.1, 0.15) is 5.65 Å². The van der Waals surface area contributed by atoms with Crippen molar-refractivity contribution < 1.29 is 13.2 Å². The fourth-order valence-electron chi connectivity index (χ4n) is 2.83. The van der Waals surface area contributed by atoms with Crippen molar-refractivity contribution in [1.29, 1.82) is 0 Å². The van der Waals surface area contributed by atoms with Crippen molar-refractivity contribution in [3.63, 3.8) is 0 Å². The maximum absolute atomic E-state index is 12.7. The van der Waals surface area contributed by atoms with Crippen molar-refractivity contribution in [1.82, 2.24) is 9.38 Å². The molecule has 114 valence electrons. The van der Waals surface area contributed by atoms with Crippen LogP contribution in [0.5, 0.6) is 0 Å². The number of rotatable bonds is 2. The molecule has 1 fully saturated rings. The summed E-state index contributed by atoms with van der Waals surface area (Å²) in [5.74, 6) is -0.392. The summed E-state index contributed by atoms with van der Waals surface area (Å²) in [5.41, 5.74) is 1.80. The van der Waals surface area contributed by atoms with Crippen LogP contribution in [0.25, 0.3) is 5.65 Å². The summed E-state index contributed by atoms with van der Waals surface area (Å²) in [7, 11) is 0. The lowest BCUT2D eigenvalue weighted by Gasteiger charge is -2.33. The van der Waals surface area contributed by atoms with E-state index in [0.29, 0.717) is 18.4 Å². The molecular weight excluding hydrogens is 347 g/mol. The Kier molecular flexibility index (Phi) is 3.86. The van der Waals surface area contributed by atoms with Gasteiger partial charge in [-0.3, -0.25) is 0 Å². The van der Waals surface area contributed by atoms with E-state index in [9.17, 15) is 13.2 Å². The van der Waals surface area contributed by atoms with Gasteiger partial charge in [-0.1, -0.05) is 22.0 Å². The molecular formula is C14H15BrF3N3. The highest BCUT2D eigenvalue weighted by atomic mass is 79.9. The second-order valence-corrected chi connectivity index (χ2v) is 5.81. The first kappa shape index (κ1) is 14.7. The summed E-state index contributed by atoms with van der Waals surface area (Å²) >= 11 is 3.45. The number of aromatic nitrogens is 2. The Labute approximate surface area is 128 Å². The lowest BCUT2D eigenvalue weighted by Crippen LogP contribution is -2.39. The van der Waals surface area contributed by atoms with Crippen molar-refractivity contribution in [2.75, 3.05) is 18.0 Å². The molecule has 0 spiro atoms. The van der Waals surface area contributed by atoms with Gasteiger partial charge in [-0.25, -0.2) is 4.98 Å². The second kappa shape index (κ2) is 5.51. The molecule has 3 rings (SSSR count). The molecule has 0 aliphatic carbocycles. The molecule has 0 bridgehead atoms. The molecule has 0 aromatic carbocycles. The van der Waals surface area contributed by atoms with Gasteiger partial charge in [0.2, 0.25) is 0 Å². The SMILES string of the molecule is FC(F)(F)C1CCN(c2nc3ccccn3c2CBr)CC1. The number of pyridine rings is 1. The summed E-state index contributed by atoms with van der Waals surface area (Å²) in [6, 6.07) is 5.72. The van der Waals surface area contributed by atoms with Gasteiger partial charge in [0.15, 0.2) is 5.82 Å². The predicted octanol–water partition coefficient (Wildman–Crippen LogP) is 4.01. The Morgan fingerprint density at radius 2 is 1.95 bits per heavy atom. The zero-order valence-electron chi connectivity index (χ0n) is 11.3. The van der Waals surface area contributed by atoms with Gasteiger partial charge in [-0.05, 0) is 25.0 Å². The first-order valence-corrected chi connectivity index (χ1v) is 7.96. The minimum atomic E-state index is -4.08. The molecule has 21 heavy (non-hydrogen) atoms. The van der Waals surface area contributed by atoms with Crippen molar-refractivity contribution in [3.8, 4) is 0 Å². The van der Waals surface area contributed by atoms with E-state index in [-0.39, 0.29) is 12.8 Å². The quantitative estimate of drug-likeness (QED) is 0.753. The number of hydrogen-bond donors (Lipinski definition) is 0. The smallest absolute Gasteiger partial charge is 0.355 e. The lowest BCUT2D eigenvalue weighted by molar-refractivity contribution is -0.179. The summed E-state index contributed by atoms with van der Waals surface area (Å²) in [6.45, 7) is 0.794. The van der Waals surface area contributed by atoms with Crippen LogP contribution in [-0.4, -0.2) is 28.7 Å². The molecule has 1 saturated heterocycles. The van der Waals surface area contributed by atoms with Crippen LogP contribution in [0.2, 0.25) is 0 Å². The van der Waals surface area contributed by atoms with Crippen LogP contribution in [0.4, 0.5) is 19.0 Å². The highest BCUT2D eigenvalue weighted by Gasteiger charge is 2.41. The lowest BCUT2D eigenvalue weighted by atomic mass is 9.96. The van der Waals surface area contributed by atoms with Gasteiger partial charge < -0.3 is 9.30 Å². The highest BCUT2D eigenvalue weighted by Crippen LogP contribution is 2.36. The van der Waals surface area contributed by atoms with Gasteiger partial charge >= 0.3 is 6.18 Å². The molecule has 2 aromatic rings. The van der Waals surface area contributed by atoms with Crippen molar-refractivity contribution >= 4 is 27.4 Å². The van der Waals surface area contributed by atoms with Gasteiger partial charge in [0.25, 0.3) is 0 Å². The highest BCUT2D eigenvalue weighted by molar-refractivity contribution is 9.08. The molecule has 2 aromatic heterocycles. The Morgan fingerprint density at radius 3 is 2.57 bits per heavy atom. The Balaban J connectivity index is 1.85. The van der Waals surface area contributed by atoms with E-state index in [1.807, 2.05) is 33.7 Å². The number of hydrogen-bond acceptors (Lipinski definition) is 2. The third kappa shape index (κ3) is 2.75. The van der Waals surface area contributed by atoms with Crippen LogP contribution in [0.15, 0.2) is 24.4 Å². The zero-order valence-corrected chi connectivity index (χ0v) is 12.9. The summed E-state index contributed by atoms with van der Waals surface area (Å²) in [6.07, 6.45) is -1.88. The Bertz CT molecular complexity index is 630. The predicted molar refractivity (Wildman–Crippen MR) is 78.8 cm³/mol. The summed E-state index contributed by atoms with van der Waals surface area (Å²) < 4.78 is 40.2. The third-order valence-electron chi connectivity index (χ3n) is 3.99. The maximum Gasteiger partial charge on any atom is 0.391 e. The van der Waals surface area contributed by atoms with Crippen molar-refractivity contribution in [2.24, 2.45) is 5.92 Å². The minimum Gasteiger partial charge on any atom is -0.355 e. The van der Waals surface area contributed by atoms with Crippen LogP contribution in [0.1, 0.15) is 18.5 Å². The van der Waals surface area contributed by atoms with Gasteiger partial charge in [0, 0.05) is 24.6 Å². The minimum absolute atomic E-state index is 0.138. The van der Waals surface area contributed by atoms with E-state index in [0.717, 1.165) is 17.2 Å². The zero-order chi connectivity index (χ0) is 15.0. The first-order valence-electron chi connectivity index (χ1n) is 6.84. The average Bonchev–Trinajstić information content (AvgIpc) is 2.85. The normalized spacial score (nSPS) is 17.6. The first-order chi connectivity index (χ1) is 10.0. The molecule has 0 atom stereocenters. The van der Waals surface area contributed by atoms with Crippen LogP contribution in [0, 0.1) is 5.92 Å². The fourth-order valence-corrected chi connectivity index (χ4v) is 3.35. The Morgan fingerprint density at radius 1 is 1.24 bits per heavy atom. The molecule has 3 nitrogen and oxygen atoms in total. The van der Waals surface area contributed by atoms with E-state index in [1.54, 1.807) is 0 Å². The number of imidazole rings is 1. The molecule has 0 amide bonds. The summed E-state index contributed by atoms with van der Waals surface area (Å²) in [4.78, 5) is 6.54. The van der Waals surface area contributed by atoms with E-state index in [2.05, 4.69) is 20.9 Å². The van der Waals surface area contributed by atoms with Gasteiger partial charge in [-0.15, -0.1) is 0 Å². The van der Waals surface area contributed by atoms with Crippen LogP contribution < -0.4 is 4.90 Å². The van der Waals surface area contributed by atoms with Crippen molar-refractivity contribution in [3.05, 3.63) is 30.1 Å². The molecule has 7 heteroatoms. The van der Waals surface area contributed by atoms with E-state index < -0.39 is 12.1 Å². The average molecular weight is 362 g/mol. The number of nitrogens with zero attached hydrogens (tertiary/aromatic N) is 3. The second-order valence-electron chi connectivity index (χ2n) is 5.25. The topological polar surface area (TPSA) is 20.5 Å².